The molecular formula is C12H15BrClNO. The summed E-state index contributed by atoms with van der Waals surface area (Å²) in [4.78, 5) is 13.8. The summed E-state index contributed by atoms with van der Waals surface area (Å²) in [5.41, 5.74) is 0.646. The zero-order valence-corrected chi connectivity index (χ0v) is 12.0. The lowest BCUT2D eigenvalue weighted by molar-refractivity contribution is 0.0778. The van der Waals surface area contributed by atoms with E-state index in [4.69, 9.17) is 11.6 Å². The summed E-state index contributed by atoms with van der Waals surface area (Å²) in [5, 5.41) is 0.620. The van der Waals surface area contributed by atoms with Gasteiger partial charge in [0.25, 0.3) is 5.91 Å². The Kier molecular flexibility index (Phi) is 4.81. The second-order valence-corrected chi connectivity index (χ2v) is 5.49. The van der Waals surface area contributed by atoms with Crippen LogP contribution < -0.4 is 0 Å². The largest absolute Gasteiger partial charge is 0.341 e. The third-order valence-electron chi connectivity index (χ3n) is 2.15. The maximum Gasteiger partial charge on any atom is 0.254 e. The first-order valence-corrected chi connectivity index (χ1v) is 6.29. The molecule has 0 fully saturated rings. The lowest BCUT2D eigenvalue weighted by atomic mass is 10.1. The van der Waals surface area contributed by atoms with Gasteiger partial charge in [0.15, 0.2) is 0 Å². The van der Waals surface area contributed by atoms with Gasteiger partial charge in [0.2, 0.25) is 0 Å². The highest BCUT2D eigenvalue weighted by molar-refractivity contribution is 9.10. The van der Waals surface area contributed by atoms with Gasteiger partial charge in [-0.1, -0.05) is 25.4 Å². The molecule has 0 aliphatic heterocycles. The van der Waals surface area contributed by atoms with Crippen LogP contribution >= 0.6 is 27.5 Å². The summed E-state index contributed by atoms with van der Waals surface area (Å²) < 4.78 is 0.737. The predicted octanol–water partition coefficient (Wildman–Crippen LogP) is 3.83. The van der Waals surface area contributed by atoms with Crippen LogP contribution in [-0.4, -0.2) is 24.4 Å². The Morgan fingerprint density at radius 3 is 2.62 bits per heavy atom. The number of rotatable bonds is 3. The van der Waals surface area contributed by atoms with Crippen LogP contribution in [0.5, 0.6) is 0 Å². The van der Waals surface area contributed by atoms with Crippen LogP contribution in [0.3, 0.4) is 0 Å². The fraction of sp³-hybridized carbons (Fsp3) is 0.417. The van der Waals surface area contributed by atoms with Crippen LogP contribution in [0.4, 0.5) is 0 Å². The van der Waals surface area contributed by atoms with E-state index < -0.39 is 0 Å². The lowest BCUT2D eigenvalue weighted by Gasteiger charge is -2.20. The van der Waals surface area contributed by atoms with Gasteiger partial charge in [-0.05, 0) is 40.0 Å². The molecule has 2 nitrogen and oxygen atoms in total. The van der Waals surface area contributed by atoms with Crippen molar-refractivity contribution in [1.29, 1.82) is 0 Å². The SMILES string of the molecule is CC(C)CN(C)C(=O)c1ccc(Cl)cc1Br. The molecule has 4 heteroatoms. The van der Waals surface area contributed by atoms with Gasteiger partial charge in [-0.25, -0.2) is 0 Å². The molecule has 0 heterocycles. The molecule has 1 rings (SSSR count). The lowest BCUT2D eigenvalue weighted by Crippen LogP contribution is -2.30. The smallest absolute Gasteiger partial charge is 0.254 e. The minimum absolute atomic E-state index is 0.0113. The normalized spacial score (nSPS) is 10.6. The number of carbonyl (C=O) groups excluding carboxylic acids is 1. The number of hydrogen-bond acceptors (Lipinski definition) is 1. The molecular weight excluding hydrogens is 289 g/mol. The summed E-state index contributed by atoms with van der Waals surface area (Å²) in [7, 11) is 1.81. The van der Waals surface area contributed by atoms with Gasteiger partial charge in [0.1, 0.15) is 0 Å². The summed E-state index contributed by atoms with van der Waals surface area (Å²) in [5.74, 6) is 0.470. The van der Waals surface area contributed by atoms with Crippen molar-refractivity contribution in [2.24, 2.45) is 5.92 Å². The van der Waals surface area contributed by atoms with Crippen LogP contribution in [0, 0.1) is 5.92 Å². The van der Waals surface area contributed by atoms with E-state index >= 15 is 0 Å². The van der Waals surface area contributed by atoms with Crippen molar-refractivity contribution >= 4 is 33.4 Å². The van der Waals surface area contributed by atoms with Crippen LogP contribution in [0.1, 0.15) is 24.2 Å². The molecule has 0 atom stereocenters. The minimum Gasteiger partial charge on any atom is -0.341 e. The van der Waals surface area contributed by atoms with Gasteiger partial charge in [0.05, 0.1) is 5.56 Å². The first kappa shape index (κ1) is 13.5. The highest BCUT2D eigenvalue weighted by Crippen LogP contribution is 2.22. The van der Waals surface area contributed by atoms with Crippen molar-refractivity contribution < 1.29 is 4.79 Å². The molecule has 0 unspecified atom stereocenters. The molecule has 0 aliphatic rings. The summed E-state index contributed by atoms with van der Waals surface area (Å²) in [6.45, 7) is 4.91. The second kappa shape index (κ2) is 5.69. The topological polar surface area (TPSA) is 20.3 Å². The number of amides is 1. The molecule has 1 aromatic rings. The number of carbonyl (C=O) groups is 1. The zero-order valence-electron chi connectivity index (χ0n) is 9.63. The third-order valence-corrected chi connectivity index (χ3v) is 3.04. The Morgan fingerprint density at radius 2 is 2.12 bits per heavy atom. The van der Waals surface area contributed by atoms with Crippen molar-refractivity contribution in [1.82, 2.24) is 4.90 Å². The molecule has 1 amide bonds. The van der Waals surface area contributed by atoms with Crippen LogP contribution in [0.25, 0.3) is 0 Å². The van der Waals surface area contributed by atoms with E-state index in [0.29, 0.717) is 16.5 Å². The van der Waals surface area contributed by atoms with E-state index in [1.807, 2.05) is 7.05 Å². The summed E-state index contributed by atoms with van der Waals surface area (Å²) in [6.07, 6.45) is 0. The van der Waals surface area contributed by atoms with Gasteiger partial charge >= 0.3 is 0 Å². The van der Waals surface area contributed by atoms with E-state index in [1.54, 1.807) is 23.1 Å². The Bertz CT molecular complexity index is 393. The molecule has 0 bridgehead atoms. The maximum atomic E-state index is 12.1. The maximum absolute atomic E-state index is 12.1. The van der Waals surface area contributed by atoms with Crippen molar-refractivity contribution in [3.05, 3.63) is 33.3 Å². The molecule has 0 aliphatic carbocycles. The Morgan fingerprint density at radius 1 is 1.50 bits per heavy atom. The highest BCUT2D eigenvalue weighted by Gasteiger charge is 2.15. The number of hydrogen-bond donors (Lipinski definition) is 0. The number of halogens is 2. The minimum atomic E-state index is 0.0113. The third kappa shape index (κ3) is 3.49. The van der Waals surface area contributed by atoms with E-state index in [1.165, 1.54) is 0 Å². The van der Waals surface area contributed by atoms with Crippen molar-refractivity contribution in [3.63, 3.8) is 0 Å². The first-order valence-electron chi connectivity index (χ1n) is 5.12. The van der Waals surface area contributed by atoms with E-state index in [2.05, 4.69) is 29.8 Å². The molecule has 0 saturated carbocycles. The molecule has 16 heavy (non-hydrogen) atoms. The summed E-state index contributed by atoms with van der Waals surface area (Å²) >= 11 is 9.18. The molecule has 0 N–H and O–H groups in total. The molecule has 0 radical (unpaired) electrons. The van der Waals surface area contributed by atoms with Crippen LogP contribution in [-0.2, 0) is 0 Å². The number of nitrogens with zero attached hydrogens (tertiary/aromatic N) is 1. The molecule has 0 saturated heterocycles. The number of benzene rings is 1. The van der Waals surface area contributed by atoms with Crippen molar-refractivity contribution in [2.75, 3.05) is 13.6 Å². The van der Waals surface area contributed by atoms with Crippen molar-refractivity contribution in [2.45, 2.75) is 13.8 Å². The Balaban J connectivity index is 2.88. The average molecular weight is 305 g/mol. The second-order valence-electron chi connectivity index (χ2n) is 4.20. The molecule has 88 valence electrons. The van der Waals surface area contributed by atoms with Crippen LogP contribution in [0.2, 0.25) is 5.02 Å². The molecule has 0 spiro atoms. The fourth-order valence-electron chi connectivity index (χ4n) is 1.50. The standard InChI is InChI=1S/C12H15BrClNO/c1-8(2)7-15(3)12(16)10-5-4-9(14)6-11(10)13/h4-6,8H,7H2,1-3H3. The Labute approximate surface area is 110 Å². The average Bonchev–Trinajstić information content (AvgIpc) is 2.15. The van der Waals surface area contributed by atoms with Gasteiger partial charge in [-0.2, -0.15) is 0 Å². The van der Waals surface area contributed by atoms with E-state index in [0.717, 1.165) is 11.0 Å². The predicted molar refractivity (Wildman–Crippen MR) is 71.0 cm³/mol. The molecule has 0 aromatic heterocycles. The molecule has 1 aromatic carbocycles. The van der Waals surface area contributed by atoms with Gasteiger partial charge in [0, 0.05) is 23.1 Å². The summed E-state index contributed by atoms with van der Waals surface area (Å²) in [6, 6.07) is 5.20. The first-order chi connectivity index (χ1) is 7.41. The Hall–Kier alpha value is -0.540. The van der Waals surface area contributed by atoms with Crippen molar-refractivity contribution in [3.8, 4) is 0 Å². The van der Waals surface area contributed by atoms with E-state index in [-0.39, 0.29) is 5.91 Å². The van der Waals surface area contributed by atoms with Crippen LogP contribution in [0.15, 0.2) is 22.7 Å². The van der Waals surface area contributed by atoms with Gasteiger partial charge in [-0.15, -0.1) is 0 Å². The van der Waals surface area contributed by atoms with Gasteiger partial charge in [-0.3, -0.25) is 4.79 Å². The van der Waals surface area contributed by atoms with Gasteiger partial charge < -0.3 is 4.90 Å². The zero-order chi connectivity index (χ0) is 12.3. The quantitative estimate of drug-likeness (QED) is 0.831. The monoisotopic (exact) mass is 303 g/mol. The highest BCUT2D eigenvalue weighted by atomic mass is 79.9. The van der Waals surface area contributed by atoms with E-state index in [9.17, 15) is 4.79 Å². The fourth-order valence-corrected chi connectivity index (χ4v) is 2.35.